The number of rotatable bonds is 8. The van der Waals surface area contributed by atoms with Crippen LogP contribution in [-0.2, 0) is 9.59 Å². The van der Waals surface area contributed by atoms with E-state index in [2.05, 4.69) is 0 Å². The van der Waals surface area contributed by atoms with Gasteiger partial charge in [-0.25, -0.2) is 0 Å². The van der Waals surface area contributed by atoms with Gasteiger partial charge in [-0.3, -0.25) is 14.5 Å². The molecule has 0 saturated carbocycles. The Labute approximate surface area is 215 Å². The van der Waals surface area contributed by atoms with Gasteiger partial charge in [-0.15, -0.1) is 0 Å². The second-order valence-electron chi connectivity index (χ2n) is 8.48. The minimum absolute atomic E-state index is 0.00440. The van der Waals surface area contributed by atoms with Gasteiger partial charge in [0.05, 0.1) is 24.8 Å². The van der Waals surface area contributed by atoms with E-state index in [0.717, 1.165) is 12.0 Å². The van der Waals surface area contributed by atoms with Crippen LogP contribution in [0.1, 0.15) is 43.0 Å². The smallest absolute Gasteiger partial charge is 0.300 e. The standard InChI is InChI=1S/C29H28ClNO5/c1-4-14-36-24-13-12-20(15-18(24)3)27(32)25-26(19-8-6-11-23(16-19)35-5-2)31(29(34)28(25)33)22-10-7-9-21(30)17-22/h6-13,15-17,26,32H,4-5,14H2,1-3H3/b27-25+. The van der Waals surface area contributed by atoms with Gasteiger partial charge in [0.25, 0.3) is 11.7 Å². The second kappa shape index (κ2) is 10.9. The summed E-state index contributed by atoms with van der Waals surface area (Å²) in [6, 6.07) is 18.2. The van der Waals surface area contributed by atoms with Gasteiger partial charge in [-0.1, -0.05) is 36.7 Å². The summed E-state index contributed by atoms with van der Waals surface area (Å²) in [5.74, 6) is -0.475. The van der Waals surface area contributed by atoms with Crippen molar-refractivity contribution in [3.05, 3.63) is 94.0 Å². The molecule has 0 aliphatic carbocycles. The zero-order valence-electron chi connectivity index (χ0n) is 20.5. The van der Waals surface area contributed by atoms with E-state index in [1.165, 1.54) is 4.90 Å². The molecule has 1 fully saturated rings. The van der Waals surface area contributed by atoms with Crippen LogP contribution in [0.25, 0.3) is 5.76 Å². The number of Topliss-reactive ketones (excluding diaryl/α,β-unsaturated/α-hetero) is 1. The molecule has 1 saturated heterocycles. The number of ether oxygens (including phenoxy) is 2. The van der Waals surface area contributed by atoms with Crippen molar-refractivity contribution in [1.29, 1.82) is 0 Å². The highest BCUT2D eigenvalue weighted by Gasteiger charge is 2.47. The molecule has 1 aliphatic rings. The zero-order chi connectivity index (χ0) is 25.8. The van der Waals surface area contributed by atoms with Crippen LogP contribution in [0.15, 0.2) is 72.3 Å². The Bertz CT molecular complexity index is 1330. The van der Waals surface area contributed by atoms with Crippen LogP contribution in [0.4, 0.5) is 5.69 Å². The molecule has 0 bridgehead atoms. The maximum atomic E-state index is 13.4. The number of hydrogen-bond acceptors (Lipinski definition) is 5. The minimum Gasteiger partial charge on any atom is -0.507 e. The van der Waals surface area contributed by atoms with Crippen LogP contribution in [0, 0.1) is 6.92 Å². The molecule has 1 aliphatic heterocycles. The minimum atomic E-state index is -0.875. The van der Waals surface area contributed by atoms with Crippen molar-refractivity contribution in [2.45, 2.75) is 33.2 Å². The molecule has 0 aromatic heterocycles. The van der Waals surface area contributed by atoms with E-state index in [9.17, 15) is 14.7 Å². The number of amides is 1. The SMILES string of the molecule is CCCOc1ccc(/C(O)=C2\C(=O)C(=O)N(c3cccc(Cl)c3)C2c2cccc(OCC)c2)cc1C. The van der Waals surface area contributed by atoms with Crippen molar-refractivity contribution in [2.75, 3.05) is 18.1 Å². The van der Waals surface area contributed by atoms with Gasteiger partial charge in [0.1, 0.15) is 17.3 Å². The lowest BCUT2D eigenvalue weighted by molar-refractivity contribution is -0.132. The van der Waals surface area contributed by atoms with Crippen molar-refractivity contribution >= 4 is 34.7 Å². The average Bonchev–Trinajstić information content (AvgIpc) is 3.13. The van der Waals surface area contributed by atoms with Gasteiger partial charge >= 0.3 is 0 Å². The number of benzene rings is 3. The summed E-state index contributed by atoms with van der Waals surface area (Å²) >= 11 is 6.21. The molecule has 1 amide bonds. The zero-order valence-corrected chi connectivity index (χ0v) is 21.2. The first-order valence-corrected chi connectivity index (χ1v) is 12.3. The van der Waals surface area contributed by atoms with Gasteiger partial charge in [-0.05, 0) is 79.9 Å². The lowest BCUT2D eigenvalue weighted by atomic mass is 9.94. The Balaban J connectivity index is 1.89. The number of aliphatic hydroxyl groups is 1. The van der Waals surface area contributed by atoms with Crippen molar-refractivity contribution in [2.24, 2.45) is 0 Å². The summed E-state index contributed by atoms with van der Waals surface area (Å²) in [6.45, 7) is 6.81. The number of carbonyl (C=O) groups is 2. The highest BCUT2D eigenvalue weighted by atomic mass is 35.5. The molecule has 186 valence electrons. The van der Waals surface area contributed by atoms with Crippen molar-refractivity contribution in [1.82, 2.24) is 0 Å². The Kier molecular flexibility index (Phi) is 7.65. The molecule has 0 spiro atoms. The topological polar surface area (TPSA) is 76.1 Å². The summed E-state index contributed by atoms with van der Waals surface area (Å²) in [4.78, 5) is 28.1. The average molecular weight is 506 g/mol. The number of nitrogens with zero attached hydrogens (tertiary/aromatic N) is 1. The number of anilines is 1. The summed E-state index contributed by atoms with van der Waals surface area (Å²) in [6.07, 6.45) is 0.870. The quantitative estimate of drug-likeness (QED) is 0.216. The number of aryl methyl sites for hydroxylation is 1. The predicted octanol–water partition coefficient (Wildman–Crippen LogP) is 6.46. The largest absolute Gasteiger partial charge is 0.507 e. The van der Waals surface area contributed by atoms with Gasteiger partial charge in [0.2, 0.25) is 0 Å². The molecule has 4 rings (SSSR count). The normalized spacial score (nSPS) is 16.9. The number of carbonyl (C=O) groups excluding carboxylic acids is 2. The highest BCUT2D eigenvalue weighted by molar-refractivity contribution is 6.51. The third-order valence-corrected chi connectivity index (χ3v) is 6.16. The molecule has 1 atom stereocenters. The molecule has 1 unspecified atom stereocenters. The maximum Gasteiger partial charge on any atom is 0.300 e. The lowest BCUT2D eigenvalue weighted by Crippen LogP contribution is -2.29. The van der Waals surface area contributed by atoms with Crippen molar-refractivity contribution < 1.29 is 24.2 Å². The maximum absolute atomic E-state index is 13.4. The van der Waals surface area contributed by atoms with E-state index < -0.39 is 17.7 Å². The van der Waals surface area contributed by atoms with Crippen molar-refractivity contribution in [3.63, 3.8) is 0 Å². The number of halogens is 1. The summed E-state index contributed by atoms with van der Waals surface area (Å²) in [7, 11) is 0. The highest BCUT2D eigenvalue weighted by Crippen LogP contribution is 2.43. The van der Waals surface area contributed by atoms with E-state index >= 15 is 0 Å². The summed E-state index contributed by atoms with van der Waals surface area (Å²) < 4.78 is 11.4. The number of hydrogen-bond donors (Lipinski definition) is 1. The fourth-order valence-electron chi connectivity index (χ4n) is 4.31. The van der Waals surface area contributed by atoms with Gasteiger partial charge in [-0.2, -0.15) is 0 Å². The lowest BCUT2D eigenvalue weighted by Gasteiger charge is -2.26. The van der Waals surface area contributed by atoms with E-state index in [0.29, 0.717) is 46.5 Å². The first kappa shape index (κ1) is 25.3. The van der Waals surface area contributed by atoms with Gasteiger partial charge < -0.3 is 14.6 Å². The molecule has 6 nitrogen and oxygen atoms in total. The molecular weight excluding hydrogens is 478 g/mol. The molecule has 36 heavy (non-hydrogen) atoms. The fraction of sp³-hybridized carbons (Fsp3) is 0.241. The van der Waals surface area contributed by atoms with Crippen LogP contribution in [-0.4, -0.2) is 30.0 Å². The third kappa shape index (κ3) is 4.95. The first-order chi connectivity index (χ1) is 17.3. The van der Waals surface area contributed by atoms with E-state index in [4.69, 9.17) is 21.1 Å². The summed E-state index contributed by atoms with van der Waals surface area (Å²) in [5.41, 5.74) is 2.31. The fourth-order valence-corrected chi connectivity index (χ4v) is 4.49. The Morgan fingerprint density at radius 2 is 1.78 bits per heavy atom. The van der Waals surface area contributed by atoms with Crippen LogP contribution < -0.4 is 14.4 Å². The molecule has 0 radical (unpaired) electrons. The molecular formula is C29H28ClNO5. The molecule has 1 N–H and O–H groups in total. The Morgan fingerprint density at radius 1 is 1.00 bits per heavy atom. The van der Waals surface area contributed by atoms with Crippen LogP contribution in [0.5, 0.6) is 11.5 Å². The van der Waals surface area contributed by atoms with Crippen LogP contribution in [0.3, 0.4) is 0 Å². The van der Waals surface area contributed by atoms with E-state index in [1.807, 2.05) is 20.8 Å². The molecule has 1 heterocycles. The van der Waals surface area contributed by atoms with Crippen LogP contribution >= 0.6 is 11.6 Å². The summed E-state index contributed by atoms with van der Waals surface area (Å²) in [5, 5.41) is 11.8. The second-order valence-corrected chi connectivity index (χ2v) is 8.92. The molecule has 7 heteroatoms. The molecule has 3 aromatic rings. The number of ketones is 1. The van der Waals surface area contributed by atoms with Gasteiger partial charge in [0.15, 0.2) is 0 Å². The molecule has 3 aromatic carbocycles. The predicted molar refractivity (Wildman–Crippen MR) is 141 cm³/mol. The first-order valence-electron chi connectivity index (χ1n) is 11.9. The third-order valence-electron chi connectivity index (χ3n) is 5.93. The van der Waals surface area contributed by atoms with E-state index in [1.54, 1.807) is 66.7 Å². The Hall–Kier alpha value is -3.77. The van der Waals surface area contributed by atoms with Crippen molar-refractivity contribution in [3.8, 4) is 11.5 Å². The Morgan fingerprint density at radius 3 is 2.47 bits per heavy atom. The van der Waals surface area contributed by atoms with Gasteiger partial charge in [0, 0.05) is 16.3 Å². The van der Waals surface area contributed by atoms with Crippen LogP contribution in [0.2, 0.25) is 5.02 Å². The number of aliphatic hydroxyl groups excluding tert-OH is 1. The monoisotopic (exact) mass is 505 g/mol. The van der Waals surface area contributed by atoms with E-state index in [-0.39, 0.29) is 11.3 Å².